The van der Waals surface area contributed by atoms with E-state index in [1.165, 1.54) is 5.56 Å². The molecule has 0 fully saturated rings. The standard InChI is InChI=1S/C28H27N3O2/c32-26-10-4-9-23-24(26)13-14-27(25(23)12-11-21-6-2-1-3-7-21)33-28(19-31-17-16-30-20-31)22-8-5-15-29-18-22/h1-3,5-8,13-18,20,28H,4,9-12,19H2. The molecule has 2 aromatic carbocycles. The molecule has 0 N–H and O–H groups in total. The molecule has 1 unspecified atom stereocenters. The molecule has 0 spiro atoms. The number of aryl methyl sites for hydroxylation is 1. The second-order valence-electron chi connectivity index (χ2n) is 8.48. The number of benzene rings is 2. The van der Waals surface area contributed by atoms with Crippen LogP contribution in [0.3, 0.4) is 0 Å². The number of Topliss-reactive ketones (excluding diaryl/α,β-unsaturated/α-hetero) is 1. The molecule has 33 heavy (non-hydrogen) atoms. The Morgan fingerprint density at radius 1 is 0.939 bits per heavy atom. The van der Waals surface area contributed by atoms with Crippen LogP contribution in [-0.2, 0) is 25.8 Å². The predicted molar refractivity (Wildman–Crippen MR) is 127 cm³/mol. The summed E-state index contributed by atoms with van der Waals surface area (Å²) >= 11 is 0. The minimum Gasteiger partial charge on any atom is -0.483 e. The van der Waals surface area contributed by atoms with Crippen LogP contribution in [0.15, 0.2) is 85.7 Å². The number of rotatable bonds is 8. The lowest BCUT2D eigenvalue weighted by molar-refractivity contribution is 0.0972. The maximum Gasteiger partial charge on any atom is 0.163 e. The van der Waals surface area contributed by atoms with Gasteiger partial charge in [0.1, 0.15) is 11.9 Å². The van der Waals surface area contributed by atoms with Crippen LogP contribution in [0.1, 0.15) is 51.6 Å². The molecule has 1 atom stereocenters. The van der Waals surface area contributed by atoms with Crippen LogP contribution >= 0.6 is 0 Å². The summed E-state index contributed by atoms with van der Waals surface area (Å²) in [4.78, 5) is 21.1. The quantitative estimate of drug-likeness (QED) is 0.370. The third kappa shape index (κ3) is 4.87. The first kappa shape index (κ1) is 21.1. The SMILES string of the molecule is O=C1CCCc2c1ccc(OC(Cn1ccnc1)c1cccnc1)c2CCc1ccccc1. The van der Waals surface area contributed by atoms with Gasteiger partial charge in [-0.1, -0.05) is 36.4 Å². The zero-order valence-corrected chi connectivity index (χ0v) is 18.6. The molecule has 0 aliphatic heterocycles. The molecule has 1 aliphatic rings. The van der Waals surface area contributed by atoms with Gasteiger partial charge in [0.15, 0.2) is 5.78 Å². The first-order valence-corrected chi connectivity index (χ1v) is 11.5. The summed E-state index contributed by atoms with van der Waals surface area (Å²) in [6, 6.07) is 18.4. The van der Waals surface area contributed by atoms with Gasteiger partial charge in [-0.05, 0) is 60.6 Å². The number of aromatic nitrogens is 3. The Kier molecular flexibility index (Phi) is 6.29. The molecule has 0 saturated heterocycles. The van der Waals surface area contributed by atoms with Crippen molar-refractivity contribution < 1.29 is 9.53 Å². The van der Waals surface area contributed by atoms with E-state index in [4.69, 9.17) is 4.74 Å². The van der Waals surface area contributed by atoms with Crippen molar-refractivity contribution in [1.82, 2.24) is 14.5 Å². The van der Waals surface area contributed by atoms with Crippen molar-refractivity contribution in [1.29, 1.82) is 0 Å². The molecule has 2 heterocycles. The average molecular weight is 438 g/mol. The molecular weight excluding hydrogens is 410 g/mol. The molecule has 4 aromatic rings. The number of hydrogen-bond acceptors (Lipinski definition) is 4. The Labute approximate surface area is 194 Å². The number of ketones is 1. The maximum atomic E-state index is 12.6. The molecule has 0 amide bonds. The summed E-state index contributed by atoms with van der Waals surface area (Å²) in [5.41, 5.74) is 5.47. The lowest BCUT2D eigenvalue weighted by atomic mass is 9.85. The maximum absolute atomic E-state index is 12.6. The molecule has 5 nitrogen and oxygen atoms in total. The van der Waals surface area contributed by atoms with E-state index in [0.717, 1.165) is 53.7 Å². The second kappa shape index (κ2) is 9.82. The van der Waals surface area contributed by atoms with Gasteiger partial charge in [0.05, 0.1) is 12.9 Å². The Morgan fingerprint density at radius 3 is 2.64 bits per heavy atom. The van der Waals surface area contributed by atoms with Crippen LogP contribution < -0.4 is 4.74 Å². The number of imidazole rings is 1. The third-order valence-electron chi connectivity index (χ3n) is 6.29. The van der Waals surface area contributed by atoms with E-state index < -0.39 is 0 Å². The largest absolute Gasteiger partial charge is 0.483 e. The Hall–Kier alpha value is -3.73. The van der Waals surface area contributed by atoms with Gasteiger partial charge in [-0.25, -0.2) is 4.98 Å². The van der Waals surface area contributed by atoms with Crippen molar-refractivity contribution in [3.63, 3.8) is 0 Å². The van der Waals surface area contributed by atoms with E-state index in [9.17, 15) is 4.79 Å². The summed E-state index contributed by atoms with van der Waals surface area (Å²) in [6.07, 6.45) is 13.1. The van der Waals surface area contributed by atoms with Crippen LogP contribution in [-0.4, -0.2) is 20.3 Å². The zero-order valence-electron chi connectivity index (χ0n) is 18.6. The fourth-order valence-corrected chi connectivity index (χ4v) is 4.59. The average Bonchev–Trinajstić information content (AvgIpc) is 3.37. The van der Waals surface area contributed by atoms with Crippen LogP contribution in [0.2, 0.25) is 0 Å². The molecule has 5 heteroatoms. The predicted octanol–water partition coefficient (Wildman–Crippen LogP) is 5.40. The lowest BCUT2D eigenvalue weighted by Crippen LogP contribution is -2.18. The monoisotopic (exact) mass is 437 g/mol. The van der Waals surface area contributed by atoms with E-state index in [0.29, 0.717) is 13.0 Å². The first-order chi connectivity index (χ1) is 16.3. The smallest absolute Gasteiger partial charge is 0.163 e. The molecular formula is C28H27N3O2. The normalized spacial score (nSPS) is 14.0. The molecule has 0 radical (unpaired) electrons. The van der Waals surface area contributed by atoms with E-state index in [1.807, 2.05) is 47.3 Å². The van der Waals surface area contributed by atoms with Gasteiger partial charge in [0, 0.05) is 42.3 Å². The fraction of sp³-hybridized carbons (Fsp3) is 0.250. The molecule has 166 valence electrons. The zero-order chi connectivity index (χ0) is 22.5. The minimum atomic E-state index is -0.222. The van der Waals surface area contributed by atoms with Crippen molar-refractivity contribution in [2.75, 3.05) is 0 Å². The molecule has 0 saturated carbocycles. The molecule has 2 aromatic heterocycles. The second-order valence-corrected chi connectivity index (χ2v) is 8.48. The Balaban J connectivity index is 1.50. The minimum absolute atomic E-state index is 0.222. The van der Waals surface area contributed by atoms with Gasteiger partial charge in [-0.15, -0.1) is 0 Å². The Morgan fingerprint density at radius 2 is 1.85 bits per heavy atom. The highest BCUT2D eigenvalue weighted by Crippen LogP contribution is 2.35. The van der Waals surface area contributed by atoms with Crippen LogP contribution in [0, 0.1) is 0 Å². The summed E-state index contributed by atoms with van der Waals surface area (Å²) < 4.78 is 8.71. The van der Waals surface area contributed by atoms with Gasteiger partial charge >= 0.3 is 0 Å². The molecule has 0 bridgehead atoms. The summed E-state index contributed by atoms with van der Waals surface area (Å²) in [5, 5.41) is 0. The number of hydrogen-bond donors (Lipinski definition) is 0. The van der Waals surface area contributed by atoms with Gasteiger partial charge in [0.2, 0.25) is 0 Å². The van der Waals surface area contributed by atoms with Crippen LogP contribution in [0.4, 0.5) is 0 Å². The van der Waals surface area contributed by atoms with Gasteiger partial charge in [-0.3, -0.25) is 9.78 Å². The number of carbonyl (C=O) groups is 1. The lowest BCUT2D eigenvalue weighted by Gasteiger charge is -2.25. The summed E-state index contributed by atoms with van der Waals surface area (Å²) in [7, 11) is 0. The van der Waals surface area contributed by atoms with Gasteiger partial charge < -0.3 is 9.30 Å². The van der Waals surface area contributed by atoms with Crippen molar-refractivity contribution >= 4 is 5.78 Å². The number of pyridine rings is 1. The van der Waals surface area contributed by atoms with E-state index in [-0.39, 0.29) is 11.9 Å². The van der Waals surface area contributed by atoms with Gasteiger partial charge in [-0.2, -0.15) is 0 Å². The highest BCUT2D eigenvalue weighted by Gasteiger charge is 2.24. The third-order valence-corrected chi connectivity index (χ3v) is 6.29. The van der Waals surface area contributed by atoms with Crippen LogP contribution in [0.25, 0.3) is 0 Å². The van der Waals surface area contributed by atoms with Crippen molar-refractivity contribution in [3.8, 4) is 5.75 Å². The first-order valence-electron chi connectivity index (χ1n) is 11.5. The van der Waals surface area contributed by atoms with E-state index in [2.05, 4.69) is 34.2 Å². The number of nitrogens with zero attached hydrogens (tertiary/aromatic N) is 3. The van der Waals surface area contributed by atoms with Crippen molar-refractivity contribution in [2.45, 2.75) is 44.8 Å². The highest BCUT2D eigenvalue weighted by atomic mass is 16.5. The van der Waals surface area contributed by atoms with Crippen molar-refractivity contribution in [3.05, 3.63) is 114 Å². The number of fused-ring (bicyclic) bond motifs is 1. The van der Waals surface area contributed by atoms with Gasteiger partial charge in [0.25, 0.3) is 0 Å². The van der Waals surface area contributed by atoms with Crippen LogP contribution in [0.5, 0.6) is 5.75 Å². The highest BCUT2D eigenvalue weighted by molar-refractivity contribution is 5.99. The van der Waals surface area contributed by atoms with E-state index in [1.54, 1.807) is 18.7 Å². The van der Waals surface area contributed by atoms with E-state index >= 15 is 0 Å². The molecule has 1 aliphatic carbocycles. The molecule has 5 rings (SSSR count). The summed E-state index contributed by atoms with van der Waals surface area (Å²) in [6.45, 7) is 0.625. The fourth-order valence-electron chi connectivity index (χ4n) is 4.59. The Bertz CT molecular complexity index is 1200. The van der Waals surface area contributed by atoms with Crippen molar-refractivity contribution in [2.24, 2.45) is 0 Å². The topological polar surface area (TPSA) is 57.0 Å². The number of carbonyl (C=O) groups excluding carboxylic acids is 1. The summed E-state index contributed by atoms with van der Waals surface area (Å²) in [5.74, 6) is 1.10. The number of ether oxygens (including phenoxy) is 1.